The van der Waals surface area contributed by atoms with Gasteiger partial charge in [-0.2, -0.15) is 5.26 Å². The van der Waals surface area contributed by atoms with Crippen LogP contribution in [0.1, 0.15) is 22.3 Å². The van der Waals surface area contributed by atoms with Crippen LogP contribution in [-0.2, 0) is 6.54 Å². The first-order valence-corrected chi connectivity index (χ1v) is 7.05. The normalized spacial score (nSPS) is 10.2. The quantitative estimate of drug-likeness (QED) is 0.913. The monoisotopic (exact) mass is 300 g/mol. The Morgan fingerprint density at radius 2 is 1.86 bits per heavy atom. The lowest BCUT2D eigenvalue weighted by atomic mass is 10.1. The highest BCUT2D eigenvalue weighted by molar-refractivity contribution is 6.30. The predicted octanol–water partition coefficient (Wildman–Crippen LogP) is 4.34. The molecule has 0 aliphatic heterocycles. The van der Waals surface area contributed by atoms with Gasteiger partial charge in [0.05, 0.1) is 5.56 Å². The second kappa shape index (κ2) is 6.62. The van der Waals surface area contributed by atoms with Crippen LogP contribution in [0.3, 0.4) is 0 Å². The van der Waals surface area contributed by atoms with Crippen molar-refractivity contribution in [3.05, 3.63) is 57.6 Å². The minimum Gasteiger partial charge on any atom is -0.455 e. The predicted molar refractivity (Wildman–Crippen MR) is 84.9 cm³/mol. The molecule has 4 heteroatoms. The smallest absolute Gasteiger partial charge is 0.145 e. The number of nitrogens with zero attached hydrogens (tertiary/aromatic N) is 1. The molecule has 0 aromatic heterocycles. The molecule has 0 spiro atoms. The fourth-order valence-corrected chi connectivity index (χ4v) is 2.56. The van der Waals surface area contributed by atoms with Gasteiger partial charge in [-0.15, -0.1) is 0 Å². The summed E-state index contributed by atoms with van der Waals surface area (Å²) < 4.78 is 5.95. The Kier molecular flexibility index (Phi) is 4.85. The van der Waals surface area contributed by atoms with Crippen molar-refractivity contribution in [2.75, 3.05) is 7.05 Å². The van der Waals surface area contributed by atoms with E-state index in [1.54, 1.807) is 0 Å². The van der Waals surface area contributed by atoms with Crippen molar-refractivity contribution in [1.82, 2.24) is 5.32 Å². The van der Waals surface area contributed by atoms with Crippen LogP contribution in [0, 0.1) is 25.2 Å². The lowest BCUT2D eigenvalue weighted by Gasteiger charge is -2.14. The van der Waals surface area contributed by atoms with E-state index in [1.807, 2.05) is 51.2 Å². The lowest BCUT2D eigenvalue weighted by molar-refractivity contribution is 0.473. The molecule has 2 aromatic carbocycles. The van der Waals surface area contributed by atoms with Gasteiger partial charge < -0.3 is 10.1 Å². The van der Waals surface area contributed by atoms with Crippen LogP contribution in [0.5, 0.6) is 11.5 Å². The molecule has 0 aliphatic carbocycles. The maximum absolute atomic E-state index is 9.30. The maximum Gasteiger partial charge on any atom is 0.145 e. The van der Waals surface area contributed by atoms with Gasteiger partial charge in [0.15, 0.2) is 0 Å². The molecule has 0 amide bonds. The van der Waals surface area contributed by atoms with E-state index in [0.717, 1.165) is 22.4 Å². The van der Waals surface area contributed by atoms with Crippen molar-refractivity contribution in [1.29, 1.82) is 5.26 Å². The highest BCUT2D eigenvalue weighted by atomic mass is 35.5. The number of nitrogens with one attached hydrogen (secondary N) is 1. The molecule has 21 heavy (non-hydrogen) atoms. The largest absolute Gasteiger partial charge is 0.455 e. The number of hydrogen-bond donors (Lipinski definition) is 1. The zero-order chi connectivity index (χ0) is 15.4. The minimum atomic E-state index is 0.525. The first-order valence-electron chi connectivity index (χ1n) is 6.67. The molecule has 0 radical (unpaired) electrons. The zero-order valence-electron chi connectivity index (χ0n) is 12.3. The van der Waals surface area contributed by atoms with Crippen molar-refractivity contribution in [2.24, 2.45) is 0 Å². The number of benzene rings is 2. The van der Waals surface area contributed by atoms with Gasteiger partial charge in [-0.05, 0) is 61.9 Å². The number of ether oxygens (including phenoxy) is 1. The fourth-order valence-electron chi connectivity index (χ4n) is 2.24. The first-order chi connectivity index (χ1) is 10.0. The SMILES string of the molecule is CNCc1ccc(Oc2c(C)cc(Cl)cc2C)c(C#N)c1. The van der Waals surface area contributed by atoms with Crippen molar-refractivity contribution >= 4 is 11.6 Å². The third-order valence-corrected chi connectivity index (χ3v) is 3.40. The Balaban J connectivity index is 2.38. The fraction of sp³-hybridized carbons (Fsp3) is 0.235. The van der Waals surface area contributed by atoms with E-state index < -0.39 is 0 Å². The molecule has 0 fully saturated rings. The molecule has 0 saturated heterocycles. The summed E-state index contributed by atoms with van der Waals surface area (Å²) in [6.07, 6.45) is 0. The highest BCUT2D eigenvalue weighted by Gasteiger charge is 2.11. The molecule has 3 nitrogen and oxygen atoms in total. The molecule has 0 atom stereocenters. The molecular weight excluding hydrogens is 284 g/mol. The Hall–Kier alpha value is -2.02. The summed E-state index contributed by atoms with van der Waals surface area (Å²) in [6.45, 7) is 4.60. The van der Waals surface area contributed by atoms with Gasteiger partial charge in [0.1, 0.15) is 17.6 Å². The van der Waals surface area contributed by atoms with E-state index in [9.17, 15) is 5.26 Å². The van der Waals surface area contributed by atoms with Crippen LogP contribution in [-0.4, -0.2) is 7.05 Å². The molecular formula is C17H17ClN2O. The number of nitriles is 1. The summed E-state index contributed by atoms with van der Waals surface area (Å²) >= 11 is 6.02. The number of halogens is 1. The van der Waals surface area contributed by atoms with E-state index in [1.165, 1.54) is 0 Å². The third-order valence-electron chi connectivity index (χ3n) is 3.18. The van der Waals surface area contributed by atoms with Gasteiger partial charge in [-0.3, -0.25) is 0 Å². The maximum atomic E-state index is 9.30. The second-order valence-electron chi connectivity index (χ2n) is 4.94. The van der Waals surface area contributed by atoms with E-state index >= 15 is 0 Å². The van der Waals surface area contributed by atoms with Crippen molar-refractivity contribution < 1.29 is 4.74 Å². The number of hydrogen-bond acceptors (Lipinski definition) is 3. The van der Waals surface area contributed by atoms with Gasteiger partial charge in [-0.1, -0.05) is 17.7 Å². The Morgan fingerprint density at radius 1 is 1.19 bits per heavy atom. The molecule has 0 bridgehead atoms. The van der Waals surface area contributed by atoms with Gasteiger partial charge in [-0.25, -0.2) is 0 Å². The van der Waals surface area contributed by atoms with Crippen LogP contribution in [0.25, 0.3) is 0 Å². The summed E-state index contributed by atoms with van der Waals surface area (Å²) in [5, 5.41) is 13.0. The lowest BCUT2D eigenvalue weighted by Crippen LogP contribution is -2.05. The molecule has 2 rings (SSSR count). The summed E-state index contributed by atoms with van der Waals surface area (Å²) in [5.74, 6) is 1.31. The van der Waals surface area contributed by atoms with Gasteiger partial charge in [0.2, 0.25) is 0 Å². The van der Waals surface area contributed by atoms with E-state index in [2.05, 4.69) is 11.4 Å². The van der Waals surface area contributed by atoms with Crippen molar-refractivity contribution in [3.8, 4) is 17.6 Å². The number of rotatable bonds is 4. The Bertz CT molecular complexity index is 681. The van der Waals surface area contributed by atoms with Crippen LogP contribution < -0.4 is 10.1 Å². The number of aryl methyl sites for hydroxylation is 2. The Labute approximate surface area is 130 Å². The second-order valence-corrected chi connectivity index (χ2v) is 5.38. The van der Waals surface area contributed by atoms with Gasteiger partial charge >= 0.3 is 0 Å². The molecule has 0 heterocycles. The molecule has 0 unspecified atom stereocenters. The third kappa shape index (κ3) is 3.55. The zero-order valence-corrected chi connectivity index (χ0v) is 13.1. The van der Waals surface area contributed by atoms with Crippen LogP contribution in [0.15, 0.2) is 30.3 Å². The van der Waals surface area contributed by atoms with Gasteiger partial charge in [0.25, 0.3) is 0 Å². The van der Waals surface area contributed by atoms with Crippen molar-refractivity contribution in [3.63, 3.8) is 0 Å². The van der Waals surface area contributed by atoms with Gasteiger partial charge in [0, 0.05) is 11.6 Å². The van der Waals surface area contributed by atoms with Crippen LogP contribution in [0.4, 0.5) is 0 Å². The first kappa shape index (κ1) is 15.4. The highest BCUT2D eigenvalue weighted by Crippen LogP contribution is 2.33. The molecule has 1 N–H and O–H groups in total. The molecule has 2 aromatic rings. The van der Waals surface area contributed by atoms with E-state index in [4.69, 9.17) is 16.3 Å². The average Bonchev–Trinajstić information content (AvgIpc) is 2.44. The topological polar surface area (TPSA) is 45.0 Å². The Morgan fingerprint density at radius 3 is 2.43 bits per heavy atom. The minimum absolute atomic E-state index is 0.525. The summed E-state index contributed by atoms with van der Waals surface area (Å²) in [6, 6.07) is 11.5. The molecule has 108 valence electrons. The van der Waals surface area contributed by atoms with E-state index in [-0.39, 0.29) is 0 Å². The average molecular weight is 301 g/mol. The standard InChI is InChI=1S/C17H17ClN2O/c1-11-6-15(18)7-12(2)17(11)21-16-5-4-13(10-20-3)8-14(16)9-19/h4-8,20H,10H2,1-3H3. The summed E-state index contributed by atoms with van der Waals surface area (Å²) in [7, 11) is 1.87. The molecule has 0 saturated carbocycles. The summed E-state index contributed by atoms with van der Waals surface area (Å²) in [5.41, 5.74) is 3.47. The summed E-state index contributed by atoms with van der Waals surface area (Å²) in [4.78, 5) is 0. The van der Waals surface area contributed by atoms with Crippen LogP contribution >= 0.6 is 11.6 Å². The van der Waals surface area contributed by atoms with E-state index in [0.29, 0.717) is 22.9 Å². The molecule has 0 aliphatic rings. The van der Waals surface area contributed by atoms with Crippen LogP contribution in [0.2, 0.25) is 5.02 Å². The van der Waals surface area contributed by atoms with Crippen molar-refractivity contribution in [2.45, 2.75) is 20.4 Å².